The van der Waals surface area contributed by atoms with Crippen LogP contribution in [0.3, 0.4) is 0 Å². The number of hydrogen-bond acceptors (Lipinski definition) is 4. The number of ether oxygens (including phenoxy) is 1. The number of halogens is 1. The zero-order valence-corrected chi connectivity index (χ0v) is 11.0. The predicted molar refractivity (Wildman–Crippen MR) is 65.6 cm³/mol. The topological polar surface area (TPSA) is 70.4 Å². The second-order valence-corrected chi connectivity index (χ2v) is 6.10. The molecule has 1 aromatic carbocycles. The molecule has 7 heteroatoms. The SMILES string of the molecule is N#CC1CN(S(=O)(=O)c2ccccc2Cl)CCO1. The van der Waals surface area contributed by atoms with Crippen LogP contribution in [0, 0.1) is 11.3 Å². The molecule has 0 aromatic heterocycles. The molecule has 0 aliphatic carbocycles. The molecule has 0 amide bonds. The summed E-state index contributed by atoms with van der Waals surface area (Å²) in [4.78, 5) is 0.0604. The molecule has 1 heterocycles. The summed E-state index contributed by atoms with van der Waals surface area (Å²) < 4.78 is 31.0. The van der Waals surface area contributed by atoms with Crippen LogP contribution in [-0.4, -0.2) is 38.5 Å². The van der Waals surface area contributed by atoms with E-state index in [2.05, 4.69) is 0 Å². The van der Waals surface area contributed by atoms with E-state index < -0.39 is 16.1 Å². The number of sulfonamides is 1. The van der Waals surface area contributed by atoms with Gasteiger partial charge in [-0.05, 0) is 12.1 Å². The summed E-state index contributed by atoms with van der Waals surface area (Å²) in [5.74, 6) is 0. The van der Waals surface area contributed by atoms with Gasteiger partial charge in [0.25, 0.3) is 0 Å². The number of nitrogens with zero attached hydrogens (tertiary/aromatic N) is 2. The molecule has 5 nitrogen and oxygen atoms in total. The monoisotopic (exact) mass is 286 g/mol. The molecule has 1 unspecified atom stereocenters. The lowest BCUT2D eigenvalue weighted by molar-refractivity contribution is 0.0311. The molecule has 0 N–H and O–H groups in total. The number of morpholine rings is 1. The van der Waals surface area contributed by atoms with Gasteiger partial charge in [-0.3, -0.25) is 0 Å². The maximum absolute atomic E-state index is 12.3. The van der Waals surface area contributed by atoms with Crippen LogP contribution in [0.15, 0.2) is 29.2 Å². The molecular weight excluding hydrogens is 276 g/mol. The highest BCUT2D eigenvalue weighted by molar-refractivity contribution is 7.89. The van der Waals surface area contributed by atoms with E-state index in [9.17, 15) is 8.42 Å². The fourth-order valence-corrected chi connectivity index (χ4v) is 3.63. The molecular formula is C11H11ClN2O3S. The first kappa shape index (κ1) is 13.3. The van der Waals surface area contributed by atoms with Gasteiger partial charge < -0.3 is 4.74 Å². The lowest BCUT2D eigenvalue weighted by Crippen LogP contribution is -2.45. The summed E-state index contributed by atoms with van der Waals surface area (Å²) in [5.41, 5.74) is 0. The minimum atomic E-state index is -3.67. The van der Waals surface area contributed by atoms with Gasteiger partial charge in [0, 0.05) is 6.54 Å². The Bertz CT molecular complexity index is 582. The molecule has 1 fully saturated rings. The van der Waals surface area contributed by atoms with Crippen molar-refractivity contribution in [2.45, 2.75) is 11.0 Å². The van der Waals surface area contributed by atoms with Crippen molar-refractivity contribution >= 4 is 21.6 Å². The number of benzene rings is 1. The maximum Gasteiger partial charge on any atom is 0.244 e. The van der Waals surface area contributed by atoms with E-state index in [1.54, 1.807) is 12.1 Å². The zero-order valence-electron chi connectivity index (χ0n) is 9.41. The number of hydrogen-bond donors (Lipinski definition) is 0. The van der Waals surface area contributed by atoms with E-state index in [1.165, 1.54) is 16.4 Å². The van der Waals surface area contributed by atoms with E-state index in [1.807, 2.05) is 6.07 Å². The highest BCUT2D eigenvalue weighted by Crippen LogP contribution is 2.25. The van der Waals surface area contributed by atoms with E-state index in [0.717, 1.165) is 0 Å². The van der Waals surface area contributed by atoms with Crippen molar-refractivity contribution < 1.29 is 13.2 Å². The molecule has 1 aliphatic rings. The van der Waals surface area contributed by atoms with Crippen LogP contribution >= 0.6 is 11.6 Å². The third-order valence-corrected chi connectivity index (χ3v) is 4.99. The van der Waals surface area contributed by atoms with E-state index in [0.29, 0.717) is 0 Å². The van der Waals surface area contributed by atoms with Crippen molar-refractivity contribution in [3.05, 3.63) is 29.3 Å². The first-order chi connectivity index (χ1) is 8.55. The van der Waals surface area contributed by atoms with Crippen molar-refractivity contribution in [2.75, 3.05) is 19.7 Å². The van der Waals surface area contributed by atoms with E-state index in [4.69, 9.17) is 21.6 Å². The van der Waals surface area contributed by atoms with E-state index >= 15 is 0 Å². The minimum Gasteiger partial charge on any atom is -0.361 e. The van der Waals surface area contributed by atoms with Gasteiger partial charge in [0.05, 0.1) is 24.2 Å². The lowest BCUT2D eigenvalue weighted by Gasteiger charge is -2.29. The molecule has 2 rings (SSSR count). The third kappa shape index (κ3) is 2.49. The number of rotatable bonds is 2. The summed E-state index contributed by atoms with van der Waals surface area (Å²) in [6, 6.07) is 8.17. The molecule has 1 saturated heterocycles. The molecule has 0 spiro atoms. The predicted octanol–water partition coefficient (Wildman–Crippen LogP) is 1.25. The molecule has 0 bridgehead atoms. The normalized spacial score (nSPS) is 21.4. The highest BCUT2D eigenvalue weighted by atomic mass is 35.5. The van der Waals surface area contributed by atoms with Gasteiger partial charge in [-0.1, -0.05) is 23.7 Å². The van der Waals surface area contributed by atoms with Gasteiger partial charge in [0.1, 0.15) is 4.90 Å². The second kappa shape index (κ2) is 5.24. The van der Waals surface area contributed by atoms with Crippen molar-refractivity contribution in [1.82, 2.24) is 4.31 Å². The van der Waals surface area contributed by atoms with Gasteiger partial charge >= 0.3 is 0 Å². The Kier molecular flexibility index (Phi) is 3.88. The molecule has 0 radical (unpaired) electrons. The molecule has 1 aromatic rings. The van der Waals surface area contributed by atoms with E-state index in [-0.39, 0.29) is 29.6 Å². The lowest BCUT2D eigenvalue weighted by atomic mass is 10.3. The van der Waals surface area contributed by atoms with Gasteiger partial charge in [-0.15, -0.1) is 0 Å². The van der Waals surface area contributed by atoms with Crippen LogP contribution in [0.1, 0.15) is 0 Å². The average Bonchev–Trinajstić information content (AvgIpc) is 2.39. The average molecular weight is 287 g/mol. The van der Waals surface area contributed by atoms with Crippen LogP contribution < -0.4 is 0 Å². The second-order valence-electron chi connectivity index (χ2n) is 3.78. The third-order valence-electron chi connectivity index (χ3n) is 2.63. The highest BCUT2D eigenvalue weighted by Gasteiger charge is 2.31. The Labute approximate surface area is 111 Å². The minimum absolute atomic E-state index is 0.0318. The maximum atomic E-state index is 12.3. The first-order valence-electron chi connectivity index (χ1n) is 5.31. The van der Waals surface area contributed by atoms with Gasteiger partial charge in [-0.25, -0.2) is 8.42 Å². The van der Waals surface area contributed by atoms with Gasteiger partial charge in [0.15, 0.2) is 6.10 Å². The molecule has 96 valence electrons. The fraction of sp³-hybridized carbons (Fsp3) is 0.364. The Morgan fingerprint density at radius 2 is 2.17 bits per heavy atom. The number of nitriles is 1. The van der Waals surface area contributed by atoms with Crippen molar-refractivity contribution in [1.29, 1.82) is 5.26 Å². The van der Waals surface area contributed by atoms with Crippen molar-refractivity contribution in [3.8, 4) is 6.07 Å². The quantitative estimate of drug-likeness (QED) is 0.820. The molecule has 18 heavy (non-hydrogen) atoms. The van der Waals surface area contributed by atoms with Gasteiger partial charge in [0.2, 0.25) is 10.0 Å². The van der Waals surface area contributed by atoms with Crippen LogP contribution in [0.2, 0.25) is 5.02 Å². The Morgan fingerprint density at radius 3 is 2.83 bits per heavy atom. The Hall–Kier alpha value is -1.13. The zero-order chi connectivity index (χ0) is 13.2. The van der Waals surface area contributed by atoms with Crippen LogP contribution in [-0.2, 0) is 14.8 Å². The summed E-state index contributed by atoms with van der Waals surface area (Å²) >= 11 is 5.90. The van der Waals surface area contributed by atoms with Gasteiger partial charge in [-0.2, -0.15) is 9.57 Å². The standard InChI is InChI=1S/C11H11ClN2O3S/c12-10-3-1-2-4-11(10)18(15,16)14-5-6-17-9(7-13)8-14/h1-4,9H,5-6,8H2. The molecule has 1 aliphatic heterocycles. The smallest absolute Gasteiger partial charge is 0.244 e. The summed E-state index contributed by atoms with van der Waals surface area (Å²) in [7, 11) is -3.67. The Morgan fingerprint density at radius 1 is 1.44 bits per heavy atom. The Balaban J connectivity index is 2.32. The summed E-state index contributed by atoms with van der Waals surface area (Å²) in [6.45, 7) is 0.470. The summed E-state index contributed by atoms with van der Waals surface area (Å²) in [6.07, 6.45) is -0.726. The first-order valence-corrected chi connectivity index (χ1v) is 7.13. The van der Waals surface area contributed by atoms with Crippen LogP contribution in [0.25, 0.3) is 0 Å². The van der Waals surface area contributed by atoms with Crippen molar-refractivity contribution in [3.63, 3.8) is 0 Å². The molecule has 1 atom stereocenters. The van der Waals surface area contributed by atoms with Crippen LogP contribution in [0.4, 0.5) is 0 Å². The van der Waals surface area contributed by atoms with Crippen LogP contribution in [0.5, 0.6) is 0 Å². The van der Waals surface area contributed by atoms with Crippen molar-refractivity contribution in [2.24, 2.45) is 0 Å². The summed E-state index contributed by atoms with van der Waals surface area (Å²) in [5, 5.41) is 8.96. The fourth-order valence-electron chi connectivity index (χ4n) is 1.72. The molecule has 0 saturated carbocycles. The largest absolute Gasteiger partial charge is 0.361 e.